The standard InChI is InChI=1S/C23H26N4O4/c1-15-4-6-17(7-5-15)14-31-20-9-8-18(12-21(20)30-3)13-24-27-23-25-16(2)19(10-11-28)22(29)26-23/h4-9,12-13,28H,10-11,14H2,1-3H3,(H2,25,26,27,29)/b24-13-. The maximum atomic E-state index is 12.1. The molecule has 1 heterocycles. The second kappa shape index (κ2) is 10.4. The van der Waals surface area contributed by atoms with Gasteiger partial charge >= 0.3 is 0 Å². The minimum Gasteiger partial charge on any atom is -0.493 e. The highest BCUT2D eigenvalue weighted by Crippen LogP contribution is 2.28. The van der Waals surface area contributed by atoms with Crippen LogP contribution in [0.4, 0.5) is 5.95 Å². The molecule has 0 saturated heterocycles. The van der Waals surface area contributed by atoms with Crippen molar-refractivity contribution in [3.8, 4) is 11.5 Å². The first-order chi connectivity index (χ1) is 15.0. The largest absolute Gasteiger partial charge is 0.493 e. The van der Waals surface area contributed by atoms with Crippen molar-refractivity contribution in [3.05, 3.63) is 80.8 Å². The van der Waals surface area contributed by atoms with Crippen molar-refractivity contribution in [3.63, 3.8) is 0 Å². The Morgan fingerprint density at radius 1 is 1.16 bits per heavy atom. The van der Waals surface area contributed by atoms with Gasteiger partial charge in [0.25, 0.3) is 5.56 Å². The van der Waals surface area contributed by atoms with Crippen LogP contribution in [0.15, 0.2) is 52.4 Å². The number of H-pyrrole nitrogens is 1. The summed E-state index contributed by atoms with van der Waals surface area (Å²) in [5.41, 5.74) is 6.49. The number of benzene rings is 2. The molecule has 0 bridgehead atoms. The number of aliphatic hydroxyl groups excluding tert-OH is 1. The van der Waals surface area contributed by atoms with E-state index in [0.717, 1.165) is 11.1 Å². The van der Waals surface area contributed by atoms with E-state index in [1.807, 2.05) is 43.3 Å². The van der Waals surface area contributed by atoms with Gasteiger partial charge in [-0.25, -0.2) is 10.4 Å². The molecule has 0 aliphatic carbocycles. The maximum Gasteiger partial charge on any atom is 0.255 e. The Morgan fingerprint density at radius 2 is 1.94 bits per heavy atom. The number of nitrogens with zero attached hydrogens (tertiary/aromatic N) is 2. The van der Waals surface area contributed by atoms with E-state index >= 15 is 0 Å². The van der Waals surface area contributed by atoms with E-state index in [9.17, 15) is 4.79 Å². The summed E-state index contributed by atoms with van der Waals surface area (Å²) in [5.74, 6) is 1.45. The van der Waals surface area contributed by atoms with E-state index in [1.54, 1.807) is 26.3 Å². The van der Waals surface area contributed by atoms with Crippen LogP contribution in [-0.4, -0.2) is 35.0 Å². The van der Waals surface area contributed by atoms with Crippen molar-refractivity contribution in [1.82, 2.24) is 9.97 Å². The first kappa shape index (κ1) is 22.0. The second-order valence-corrected chi connectivity index (χ2v) is 7.01. The van der Waals surface area contributed by atoms with Crippen LogP contribution in [0.5, 0.6) is 11.5 Å². The van der Waals surface area contributed by atoms with Crippen molar-refractivity contribution in [2.75, 3.05) is 19.1 Å². The fraction of sp³-hybridized carbons (Fsp3) is 0.261. The van der Waals surface area contributed by atoms with Gasteiger partial charge in [-0.3, -0.25) is 9.78 Å². The maximum absolute atomic E-state index is 12.1. The average Bonchev–Trinajstić information content (AvgIpc) is 2.76. The van der Waals surface area contributed by atoms with Crippen LogP contribution in [0.1, 0.15) is 27.9 Å². The zero-order valence-corrected chi connectivity index (χ0v) is 17.8. The Balaban J connectivity index is 1.66. The Bertz CT molecular complexity index is 1110. The predicted molar refractivity (Wildman–Crippen MR) is 120 cm³/mol. The van der Waals surface area contributed by atoms with Crippen LogP contribution < -0.4 is 20.5 Å². The molecule has 8 nitrogen and oxygen atoms in total. The van der Waals surface area contributed by atoms with Gasteiger partial charge in [0.05, 0.1) is 19.0 Å². The van der Waals surface area contributed by atoms with E-state index < -0.39 is 0 Å². The lowest BCUT2D eigenvalue weighted by atomic mass is 10.2. The molecule has 2 aromatic carbocycles. The zero-order valence-electron chi connectivity index (χ0n) is 17.8. The molecule has 8 heteroatoms. The van der Waals surface area contributed by atoms with Gasteiger partial charge in [-0.2, -0.15) is 5.10 Å². The van der Waals surface area contributed by atoms with Crippen LogP contribution in [0.25, 0.3) is 0 Å². The zero-order chi connectivity index (χ0) is 22.2. The van der Waals surface area contributed by atoms with Crippen LogP contribution in [-0.2, 0) is 13.0 Å². The lowest BCUT2D eigenvalue weighted by Crippen LogP contribution is -2.19. The van der Waals surface area contributed by atoms with E-state index in [0.29, 0.717) is 29.4 Å². The summed E-state index contributed by atoms with van der Waals surface area (Å²) >= 11 is 0. The second-order valence-electron chi connectivity index (χ2n) is 7.01. The van der Waals surface area contributed by atoms with Gasteiger partial charge in [-0.1, -0.05) is 29.8 Å². The van der Waals surface area contributed by atoms with Gasteiger partial charge in [-0.15, -0.1) is 0 Å². The number of nitrogens with one attached hydrogen (secondary N) is 2. The third kappa shape index (κ3) is 5.93. The van der Waals surface area contributed by atoms with Gasteiger partial charge < -0.3 is 14.6 Å². The first-order valence-corrected chi connectivity index (χ1v) is 9.86. The number of aromatic nitrogens is 2. The summed E-state index contributed by atoms with van der Waals surface area (Å²) in [5, 5.41) is 13.2. The Morgan fingerprint density at radius 3 is 2.61 bits per heavy atom. The average molecular weight is 422 g/mol. The third-order valence-electron chi connectivity index (χ3n) is 4.67. The molecule has 0 atom stereocenters. The Labute approximate surface area is 180 Å². The summed E-state index contributed by atoms with van der Waals surface area (Å²) in [6.07, 6.45) is 1.85. The highest BCUT2D eigenvalue weighted by Gasteiger charge is 2.08. The number of aromatic amines is 1. The smallest absolute Gasteiger partial charge is 0.255 e. The Hall–Kier alpha value is -3.65. The quantitative estimate of drug-likeness (QED) is 0.361. The summed E-state index contributed by atoms with van der Waals surface area (Å²) in [4.78, 5) is 18.9. The van der Waals surface area contributed by atoms with Gasteiger partial charge in [0, 0.05) is 18.6 Å². The number of aliphatic hydroxyl groups is 1. The lowest BCUT2D eigenvalue weighted by molar-refractivity contribution is 0.284. The lowest BCUT2D eigenvalue weighted by Gasteiger charge is -2.11. The number of hydrazone groups is 1. The number of hydrogen-bond donors (Lipinski definition) is 3. The third-order valence-corrected chi connectivity index (χ3v) is 4.67. The number of ether oxygens (including phenoxy) is 2. The molecule has 162 valence electrons. The molecule has 0 saturated carbocycles. The molecular formula is C23H26N4O4. The molecule has 0 spiro atoms. The molecule has 0 aliphatic rings. The normalized spacial score (nSPS) is 11.0. The minimum atomic E-state index is -0.295. The molecule has 0 unspecified atom stereocenters. The molecule has 3 N–H and O–H groups in total. The number of methoxy groups -OCH3 is 1. The molecule has 3 aromatic rings. The van der Waals surface area contributed by atoms with E-state index in [-0.39, 0.29) is 24.5 Å². The van der Waals surface area contributed by atoms with Crippen molar-refractivity contribution >= 4 is 12.2 Å². The first-order valence-electron chi connectivity index (χ1n) is 9.86. The predicted octanol–water partition coefficient (Wildman–Crippen LogP) is 2.96. The topological polar surface area (TPSA) is 109 Å². The number of anilines is 1. The van der Waals surface area contributed by atoms with Crippen LogP contribution in [0.3, 0.4) is 0 Å². The van der Waals surface area contributed by atoms with Gasteiger partial charge in [0.15, 0.2) is 11.5 Å². The number of aryl methyl sites for hydroxylation is 2. The monoisotopic (exact) mass is 422 g/mol. The molecule has 0 radical (unpaired) electrons. The molecule has 0 fully saturated rings. The van der Waals surface area contributed by atoms with Gasteiger partial charge in [-0.05, 0) is 43.2 Å². The number of hydrogen-bond acceptors (Lipinski definition) is 7. The van der Waals surface area contributed by atoms with Crippen LogP contribution in [0.2, 0.25) is 0 Å². The van der Waals surface area contributed by atoms with Gasteiger partial charge in [0.2, 0.25) is 5.95 Å². The summed E-state index contributed by atoms with van der Waals surface area (Å²) < 4.78 is 11.3. The fourth-order valence-electron chi connectivity index (χ4n) is 2.97. The highest BCUT2D eigenvalue weighted by atomic mass is 16.5. The van der Waals surface area contributed by atoms with Crippen molar-refractivity contribution < 1.29 is 14.6 Å². The minimum absolute atomic E-state index is 0.108. The van der Waals surface area contributed by atoms with Crippen molar-refractivity contribution in [1.29, 1.82) is 0 Å². The van der Waals surface area contributed by atoms with Crippen molar-refractivity contribution in [2.45, 2.75) is 26.9 Å². The Kier molecular flexibility index (Phi) is 7.40. The van der Waals surface area contributed by atoms with Crippen molar-refractivity contribution in [2.24, 2.45) is 5.10 Å². The van der Waals surface area contributed by atoms with E-state index in [4.69, 9.17) is 14.6 Å². The molecule has 3 rings (SSSR count). The van der Waals surface area contributed by atoms with E-state index in [1.165, 1.54) is 5.56 Å². The van der Waals surface area contributed by atoms with E-state index in [2.05, 4.69) is 20.5 Å². The molecule has 0 amide bonds. The van der Waals surface area contributed by atoms with Crippen LogP contribution >= 0.6 is 0 Å². The summed E-state index contributed by atoms with van der Waals surface area (Å²) in [7, 11) is 1.58. The fourth-order valence-corrected chi connectivity index (χ4v) is 2.97. The SMILES string of the molecule is COc1cc(/C=N\Nc2nc(C)c(CCO)c(=O)[nH]2)ccc1OCc1ccc(C)cc1. The van der Waals surface area contributed by atoms with Gasteiger partial charge in [0.1, 0.15) is 6.61 Å². The molecule has 1 aromatic heterocycles. The van der Waals surface area contributed by atoms with Crippen LogP contribution in [0, 0.1) is 13.8 Å². The summed E-state index contributed by atoms with van der Waals surface area (Å²) in [6, 6.07) is 13.6. The summed E-state index contributed by atoms with van der Waals surface area (Å²) in [6.45, 7) is 4.10. The molecule has 0 aliphatic heterocycles. The number of rotatable bonds is 9. The molecular weight excluding hydrogens is 396 g/mol. The molecule has 31 heavy (non-hydrogen) atoms. The highest BCUT2D eigenvalue weighted by molar-refractivity contribution is 5.81.